The Morgan fingerprint density at radius 2 is 2.13 bits per heavy atom. The minimum atomic E-state index is 0.983. The number of allylic oxidation sites excluding steroid dienone is 1. The summed E-state index contributed by atoms with van der Waals surface area (Å²) in [5, 5.41) is 4.33. The molecule has 2 aromatic rings. The third kappa shape index (κ3) is 1.38. The van der Waals surface area contributed by atoms with Gasteiger partial charge in [0, 0.05) is 18.3 Å². The Hall–Kier alpha value is -1.83. The quantitative estimate of drug-likeness (QED) is 0.685. The van der Waals surface area contributed by atoms with Gasteiger partial charge in [-0.2, -0.15) is 5.10 Å². The zero-order valence-corrected chi connectivity index (χ0v) is 8.64. The molecule has 0 atom stereocenters. The molecular formula is C13H12N2. The molecule has 0 saturated heterocycles. The summed E-state index contributed by atoms with van der Waals surface area (Å²) in [6.07, 6.45) is 7.15. The monoisotopic (exact) mass is 196 g/mol. The summed E-state index contributed by atoms with van der Waals surface area (Å²) >= 11 is 0. The molecule has 15 heavy (non-hydrogen) atoms. The molecule has 1 aliphatic rings. The fraction of sp³-hybridized carbons (Fsp3) is 0.154. The third-order valence-electron chi connectivity index (χ3n) is 2.75. The zero-order valence-electron chi connectivity index (χ0n) is 8.64. The van der Waals surface area contributed by atoms with Crippen LogP contribution in [0.4, 0.5) is 0 Å². The number of aromatic nitrogens is 2. The minimum Gasteiger partial charge on any atom is -0.244 e. The molecule has 1 heterocycles. The van der Waals surface area contributed by atoms with Crippen LogP contribution < -0.4 is 0 Å². The Bertz CT molecular complexity index is 535. The molecule has 2 nitrogen and oxygen atoms in total. The topological polar surface area (TPSA) is 17.8 Å². The van der Waals surface area contributed by atoms with E-state index in [1.165, 1.54) is 22.4 Å². The van der Waals surface area contributed by atoms with Crippen LogP contribution in [0.15, 0.2) is 36.7 Å². The van der Waals surface area contributed by atoms with Crippen molar-refractivity contribution >= 4 is 11.8 Å². The molecule has 1 aliphatic carbocycles. The fourth-order valence-corrected chi connectivity index (χ4v) is 1.98. The fourth-order valence-electron chi connectivity index (χ4n) is 1.98. The summed E-state index contributed by atoms with van der Waals surface area (Å²) in [6, 6.07) is 8.49. The average molecular weight is 196 g/mol. The first kappa shape index (κ1) is 8.48. The lowest BCUT2D eigenvalue weighted by molar-refractivity contribution is 0.882. The second-order valence-corrected chi connectivity index (χ2v) is 3.97. The largest absolute Gasteiger partial charge is 0.244 e. The van der Waals surface area contributed by atoms with E-state index in [9.17, 15) is 0 Å². The number of nitrogens with zero attached hydrogens (tertiary/aromatic N) is 2. The van der Waals surface area contributed by atoms with Gasteiger partial charge < -0.3 is 0 Å². The van der Waals surface area contributed by atoms with E-state index in [0.29, 0.717) is 0 Å². The second-order valence-electron chi connectivity index (χ2n) is 3.97. The second kappa shape index (κ2) is 3.09. The van der Waals surface area contributed by atoms with Crippen molar-refractivity contribution in [2.24, 2.45) is 0 Å². The van der Waals surface area contributed by atoms with Crippen LogP contribution in [0.25, 0.3) is 11.8 Å². The Kier molecular flexibility index (Phi) is 1.75. The summed E-state index contributed by atoms with van der Waals surface area (Å²) in [7, 11) is 0. The minimum absolute atomic E-state index is 0.983. The van der Waals surface area contributed by atoms with Crippen molar-refractivity contribution in [2.45, 2.75) is 13.3 Å². The third-order valence-corrected chi connectivity index (χ3v) is 2.75. The van der Waals surface area contributed by atoms with Gasteiger partial charge in [0.25, 0.3) is 0 Å². The Labute approximate surface area is 88.9 Å². The predicted octanol–water partition coefficient (Wildman–Crippen LogP) is 2.75. The number of rotatable bonds is 1. The lowest BCUT2D eigenvalue weighted by atomic mass is 10.1. The summed E-state index contributed by atoms with van der Waals surface area (Å²) < 4.78 is 1.97. The van der Waals surface area contributed by atoms with Crippen molar-refractivity contribution in [1.82, 2.24) is 9.78 Å². The van der Waals surface area contributed by atoms with E-state index in [2.05, 4.69) is 48.6 Å². The summed E-state index contributed by atoms with van der Waals surface area (Å²) in [5.74, 6) is 0. The van der Waals surface area contributed by atoms with Gasteiger partial charge in [-0.3, -0.25) is 0 Å². The van der Waals surface area contributed by atoms with Crippen molar-refractivity contribution in [1.29, 1.82) is 0 Å². The molecule has 1 aromatic carbocycles. The van der Waals surface area contributed by atoms with Gasteiger partial charge in [0.15, 0.2) is 0 Å². The van der Waals surface area contributed by atoms with E-state index in [-0.39, 0.29) is 0 Å². The van der Waals surface area contributed by atoms with Crippen molar-refractivity contribution in [3.8, 4) is 0 Å². The lowest BCUT2D eigenvalue weighted by Gasteiger charge is -2.00. The standard InChI is InChI=1S/C13H12N2/c1-10-8-14-15(9-10)13-6-11-4-2-3-5-12(11)7-13/h2-6,8-9H,7H2,1H3. The van der Waals surface area contributed by atoms with Crippen LogP contribution in [0.1, 0.15) is 16.7 Å². The molecule has 0 bridgehead atoms. The maximum absolute atomic E-state index is 4.33. The van der Waals surface area contributed by atoms with Crippen molar-refractivity contribution in [2.75, 3.05) is 0 Å². The van der Waals surface area contributed by atoms with Crippen LogP contribution in [0.3, 0.4) is 0 Å². The van der Waals surface area contributed by atoms with E-state index in [1.54, 1.807) is 0 Å². The molecular weight excluding hydrogens is 184 g/mol. The van der Waals surface area contributed by atoms with E-state index >= 15 is 0 Å². The SMILES string of the molecule is Cc1cnn(C2=Cc3ccccc3C2)c1. The molecule has 0 fully saturated rings. The predicted molar refractivity (Wildman–Crippen MR) is 61.3 cm³/mol. The first-order chi connectivity index (χ1) is 7.33. The van der Waals surface area contributed by atoms with Crippen LogP contribution in [-0.4, -0.2) is 9.78 Å². The van der Waals surface area contributed by atoms with Crippen LogP contribution in [0, 0.1) is 6.92 Å². The highest BCUT2D eigenvalue weighted by Crippen LogP contribution is 2.27. The number of aryl methyl sites for hydroxylation is 1. The molecule has 2 heteroatoms. The number of hydrogen-bond donors (Lipinski definition) is 0. The highest BCUT2D eigenvalue weighted by atomic mass is 15.3. The summed E-state index contributed by atoms with van der Waals surface area (Å²) in [4.78, 5) is 0. The molecule has 3 rings (SSSR count). The van der Waals surface area contributed by atoms with Crippen molar-refractivity contribution < 1.29 is 0 Å². The smallest absolute Gasteiger partial charge is 0.0523 e. The maximum Gasteiger partial charge on any atom is 0.0523 e. The Balaban J connectivity index is 2.01. The van der Waals surface area contributed by atoms with E-state index in [0.717, 1.165) is 6.42 Å². The van der Waals surface area contributed by atoms with Crippen LogP contribution in [0.5, 0.6) is 0 Å². The molecule has 0 N–H and O–H groups in total. The van der Waals surface area contributed by atoms with Crippen molar-refractivity contribution in [3.05, 3.63) is 53.3 Å². The molecule has 0 spiro atoms. The Morgan fingerprint density at radius 1 is 1.27 bits per heavy atom. The highest BCUT2D eigenvalue weighted by Gasteiger charge is 2.13. The van der Waals surface area contributed by atoms with Crippen LogP contribution in [0.2, 0.25) is 0 Å². The van der Waals surface area contributed by atoms with Gasteiger partial charge in [-0.05, 0) is 29.7 Å². The van der Waals surface area contributed by atoms with Gasteiger partial charge in [-0.1, -0.05) is 24.3 Å². The van der Waals surface area contributed by atoms with Gasteiger partial charge in [0.1, 0.15) is 0 Å². The van der Waals surface area contributed by atoms with Gasteiger partial charge >= 0.3 is 0 Å². The van der Waals surface area contributed by atoms with Gasteiger partial charge in [-0.25, -0.2) is 4.68 Å². The molecule has 0 unspecified atom stereocenters. The molecule has 1 aromatic heterocycles. The van der Waals surface area contributed by atoms with E-state index < -0.39 is 0 Å². The first-order valence-electron chi connectivity index (χ1n) is 5.13. The molecule has 0 saturated carbocycles. The molecule has 0 aliphatic heterocycles. The lowest BCUT2D eigenvalue weighted by Crippen LogP contribution is -1.96. The zero-order chi connectivity index (χ0) is 10.3. The van der Waals surface area contributed by atoms with Gasteiger partial charge in [-0.15, -0.1) is 0 Å². The van der Waals surface area contributed by atoms with E-state index in [4.69, 9.17) is 0 Å². The van der Waals surface area contributed by atoms with E-state index in [1.807, 2.05) is 10.9 Å². The van der Waals surface area contributed by atoms with Crippen molar-refractivity contribution in [3.63, 3.8) is 0 Å². The van der Waals surface area contributed by atoms with Crippen LogP contribution in [-0.2, 0) is 6.42 Å². The maximum atomic E-state index is 4.33. The number of benzene rings is 1. The Morgan fingerprint density at radius 3 is 2.87 bits per heavy atom. The summed E-state index contributed by atoms with van der Waals surface area (Å²) in [6.45, 7) is 2.06. The summed E-state index contributed by atoms with van der Waals surface area (Å²) in [5.41, 5.74) is 5.16. The molecule has 0 radical (unpaired) electrons. The van der Waals surface area contributed by atoms with Crippen LogP contribution >= 0.6 is 0 Å². The number of fused-ring (bicyclic) bond motifs is 1. The van der Waals surface area contributed by atoms with Gasteiger partial charge in [0.2, 0.25) is 0 Å². The average Bonchev–Trinajstić information content (AvgIpc) is 2.82. The first-order valence-corrected chi connectivity index (χ1v) is 5.13. The molecule has 74 valence electrons. The number of hydrogen-bond acceptors (Lipinski definition) is 1. The van der Waals surface area contributed by atoms with Gasteiger partial charge in [0.05, 0.1) is 6.20 Å². The molecule has 0 amide bonds. The highest BCUT2D eigenvalue weighted by molar-refractivity contribution is 5.79. The normalized spacial score (nSPS) is 13.8.